The first-order valence-corrected chi connectivity index (χ1v) is 48.1. The van der Waals surface area contributed by atoms with Gasteiger partial charge in [0.25, 0.3) is 0 Å². The van der Waals surface area contributed by atoms with Gasteiger partial charge < -0.3 is 29.3 Å². The van der Waals surface area contributed by atoms with Crippen LogP contribution in [-0.4, -0.2) is 143 Å². The molecule has 15 heteroatoms. The number of hydrogen-bond donors (Lipinski definition) is 1. The number of nitrogens with one attached hydrogen (secondary N) is 1. The summed E-state index contributed by atoms with van der Waals surface area (Å²) in [5.74, 6) is 6.46. The third-order valence-corrected chi connectivity index (χ3v) is 20.8. The van der Waals surface area contributed by atoms with Crippen LogP contribution in [0.5, 0.6) is 0 Å². The van der Waals surface area contributed by atoms with E-state index in [-0.39, 0.29) is 27.6 Å². The summed E-state index contributed by atoms with van der Waals surface area (Å²) >= 11 is 0. The van der Waals surface area contributed by atoms with Crippen LogP contribution < -0.4 is 5.32 Å². The van der Waals surface area contributed by atoms with Gasteiger partial charge in [0.15, 0.2) is 0 Å². The smallest absolute Gasteiger partial charge is 0.222 e. The minimum absolute atomic E-state index is 0.0747. The Kier molecular flexibility index (Phi) is 74.8. The topological polar surface area (TPSA) is 200 Å². The average molecular weight is 1700 g/mol. The second-order valence-corrected chi connectivity index (χ2v) is 47.0. The van der Waals surface area contributed by atoms with Crippen molar-refractivity contribution < 1.29 is 57.4 Å². The molecule has 0 bridgehead atoms. The van der Waals surface area contributed by atoms with Crippen LogP contribution in [0.3, 0.4) is 0 Å². The third-order valence-electron chi connectivity index (χ3n) is 20.8. The zero-order valence-electron chi connectivity index (χ0n) is 86.8. The summed E-state index contributed by atoms with van der Waals surface area (Å²) in [5, 5.41) is 2.86. The van der Waals surface area contributed by atoms with E-state index in [2.05, 4.69) is 239 Å². The van der Waals surface area contributed by atoms with Crippen molar-refractivity contribution in [2.24, 2.45) is 72.4 Å². The van der Waals surface area contributed by atoms with Crippen LogP contribution in [0, 0.1) is 72.4 Å². The molecule has 714 valence electrons. The Labute approximate surface area is 746 Å². The molecule has 1 saturated heterocycles. The third kappa shape index (κ3) is 112. The van der Waals surface area contributed by atoms with Crippen molar-refractivity contribution in [2.75, 3.05) is 80.9 Å². The first-order chi connectivity index (χ1) is 54.8. The van der Waals surface area contributed by atoms with Gasteiger partial charge in [0, 0.05) is 177 Å². The summed E-state index contributed by atoms with van der Waals surface area (Å²) in [6.07, 6.45) is 37.3. The number of piperazine rings is 1. The fourth-order valence-electron chi connectivity index (χ4n) is 12.1. The zero-order chi connectivity index (χ0) is 94.2. The van der Waals surface area contributed by atoms with Gasteiger partial charge in [-0.15, -0.1) is 0 Å². The molecule has 0 aromatic carbocycles. The van der Waals surface area contributed by atoms with Crippen molar-refractivity contribution in [1.82, 2.24) is 15.1 Å². The molecule has 15 nitrogen and oxygen atoms in total. The molecule has 3 fully saturated rings. The van der Waals surface area contributed by atoms with Gasteiger partial charge in [0.05, 0.1) is 0 Å². The van der Waals surface area contributed by atoms with Gasteiger partial charge in [-0.25, -0.2) is 0 Å². The largest absolute Gasteiger partial charge is 0.385 e. The maximum absolute atomic E-state index is 11.9. The van der Waals surface area contributed by atoms with Crippen molar-refractivity contribution in [3.63, 3.8) is 0 Å². The zero-order valence-corrected chi connectivity index (χ0v) is 86.8. The molecule has 0 spiro atoms. The van der Waals surface area contributed by atoms with Gasteiger partial charge in [-0.05, 0) is 189 Å². The summed E-state index contributed by atoms with van der Waals surface area (Å²) < 4.78 is 14.7. The molecule has 0 aromatic rings. The molecule has 2 atom stereocenters. The number of likely N-dealkylation sites (N-methyl/N-ethyl adjacent to an activating group) is 1. The highest BCUT2D eigenvalue weighted by Crippen LogP contribution is 2.36. The normalized spacial score (nSPS) is 15.2. The van der Waals surface area contributed by atoms with Crippen LogP contribution in [0.15, 0.2) is 0 Å². The quantitative estimate of drug-likeness (QED) is 0.0566. The van der Waals surface area contributed by atoms with E-state index < -0.39 is 0 Å². The Morgan fingerprint density at radius 2 is 0.667 bits per heavy atom. The van der Waals surface area contributed by atoms with Crippen molar-refractivity contribution in [2.45, 2.75) is 472 Å². The number of ketones is 7. The van der Waals surface area contributed by atoms with E-state index in [1.165, 1.54) is 44.9 Å². The number of Topliss-reactive ketones (excluding diaryl/α,β-unsaturated/α-hetero) is 7. The van der Waals surface area contributed by atoms with Gasteiger partial charge in [-0.1, -0.05) is 260 Å². The maximum Gasteiger partial charge on any atom is 0.222 e. The molecule has 1 heterocycles. The average Bonchev–Trinajstić information content (AvgIpc) is 1.30. The van der Waals surface area contributed by atoms with E-state index in [1.54, 1.807) is 21.3 Å². The van der Waals surface area contributed by atoms with E-state index in [9.17, 15) is 43.2 Å². The number of ether oxygens (including phenoxy) is 3. The number of nitrogens with zero attached hydrogens (tertiary/aromatic N) is 2. The predicted octanol–water partition coefficient (Wildman–Crippen LogP) is 27.9. The fourth-order valence-corrected chi connectivity index (χ4v) is 12.1. The van der Waals surface area contributed by atoms with Crippen molar-refractivity contribution in [3.8, 4) is 0 Å². The first kappa shape index (κ1) is 127. The summed E-state index contributed by atoms with van der Waals surface area (Å²) in [4.78, 5) is 107. The summed E-state index contributed by atoms with van der Waals surface area (Å²) in [5.41, 5.74) is 2.43. The Hall–Kier alpha value is -3.53. The molecule has 0 aromatic heterocycles. The minimum Gasteiger partial charge on any atom is -0.385 e. The summed E-state index contributed by atoms with van der Waals surface area (Å²) in [7, 11) is 7.13. The lowest BCUT2D eigenvalue weighted by molar-refractivity contribution is -0.133. The fraction of sp³-hybridized carbons (Fsp3) is 0.914. The second kappa shape index (κ2) is 70.5. The van der Waals surface area contributed by atoms with Crippen LogP contribution in [0.1, 0.15) is 472 Å². The van der Waals surface area contributed by atoms with E-state index >= 15 is 0 Å². The predicted molar refractivity (Wildman–Crippen MR) is 515 cm³/mol. The maximum atomic E-state index is 11.9. The van der Waals surface area contributed by atoms with Crippen LogP contribution in [0.2, 0.25) is 0 Å². The van der Waals surface area contributed by atoms with Gasteiger partial charge in [-0.3, -0.25) is 43.2 Å². The number of unbranched alkanes of at least 4 members (excludes halogenated alkanes) is 4. The van der Waals surface area contributed by atoms with Gasteiger partial charge in [0.2, 0.25) is 11.8 Å². The molecule has 3 rings (SSSR count). The Bertz CT molecular complexity index is 2550. The number of carbonyl (C=O) groups is 9. The number of hydrogen-bond acceptors (Lipinski definition) is 13. The monoisotopic (exact) mass is 1700 g/mol. The lowest BCUT2D eigenvalue weighted by Gasteiger charge is -2.33. The van der Waals surface area contributed by atoms with E-state index in [1.807, 2.05) is 4.90 Å². The van der Waals surface area contributed by atoms with E-state index in [0.29, 0.717) is 131 Å². The summed E-state index contributed by atoms with van der Waals surface area (Å²) in [6, 6.07) is 0. The van der Waals surface area contributed by atoms with Crippen molar-refractivity contribution in [3.05, 3.63) is 0 Å². The minimum atomic E-state index is 0.0747. The highest BCUT2D eigenvalue weighted by atomic mass is 16.5. The van der Waals surface area contributed by atoms with E-state index in [4.69, 9.17) is 14.2 Å². The second-order valence-electron chi connectivity index (χ2n) is 47.0. The van der Waals surface area contributed by atoms with Gasteiger partial charge in [0.1, 0.15) is 40.5 Å². The molecule has 1 N–H and O–H groups in total. The Morgan fingerprint density at radius 1 is 0.350 bits per heavy atom. The number of amides is 2. The highest BCUT2D eigenvalue weighted by Gasteiger charge is 2.27. The SMILES string of the molecule is CC(C)(C)CCC(=O)CCC1CC1.CC(C)CC(=O)CCC(C)(C)C.CC1CCC(CC(=O)CCC(C)(C)C)C1.CCCCC(=O)CCC(C)(C)C.CCCCCC(=O)CCC(C)(C)C.CN1CCN(C(=O)CCC(C)(C)C)CC1.COCCCC(=O)CCC(C)(C)C.COCCCCC(=O)CCC(C)(C)C.COCCCNC(=O)CC(C)(C)C. The molecule has 120 heavy (non-hydrogen) atoms. The van der Waals surface area contributed by atoms with Gasteiger partial charge >= 0.3 is 0 Å². The van der Waals surface area contributed by atoms with Crippen LogP contribution >= 0.6 is 0 Å². The summed E-state index contributed by atoms with van der Waals surface area (Å²) in [6.45, 7) is 76.1. The molecule has 0 radical (unpaired) electrons. The molecular formula is C105H207N3O12. The highest BCUT2D eigenvalue weighted by molar-refractivity contribution is 5.81. The number of rotatable bonds is 44. The first-order valence-electron chi connectivity index (χ1n) is 48.1. The van der Waals surface area contributed by atoms with Gasteiger partial charge in [-0.2, -0.15) is 0 Å². The molecule has 2 aliphatic carbocycles. The molecule has 3 aliphatic rings. The van der Waals surface area contributed by atoms with Crippen LogP contribution in [0.25, 0.3) is 0 Å². The van der Waals surface area contributed by atoms with Crippen LogP contribution in [0.4, 0.5) is 0 Å². The Balaban J connectivity index is -0.000000305. The van der Waals surface area contributed by atoms with Crippen molar-refractivity contribution >= 4 is 52.3 Å². The molecular weight excluding hydrogens is 1500 g/mol. The molecule has 1 aliphatic heterocycles. The number of methoxy groups -OCH3 is 3. The lowest BCUT2D eigenvalue weighted by Crippen LogP contribution is -2.47. The molecule has 2 saturated carbocycles. The number of carbonyl (C=O) groups excluding carboxylic acids is 9. The van der Waals surface area contributed by atoms with Crippen molar-refractivity contribution in [1.29, 1.82) is 0 Å². The van der Waals surface area contributed by atoms with Crippen LogP contribution in [-0.2, 0) is 57.4 Å². The Morgan fingerprint density at radius 3 is 1.00 bits per heavy atom. The molecule has 2 amide bonds. The molecule has 2 unspecified atom stereocenters. The van der Waals surface area contributed by atoms with E-state index in [0.717, 1.165) is 224 Å². The standard InChI is InChI=1S/C14H26O.C12H24N2O.C12H24O2.C12H22O.C12H24O.C11H22O2.2C11H22O.C10H21NO2/c1-11-5-6-12(9-11)10-13(15)7-8-14(2,3)4;1-12(2,3)6-5-11(15)14-9-7-13(4)8-10-14;1-12(2,3)9-8-11(13)7-5-6-10-14-4;1-12(2,3)9-8-11(13)7-6-10-4-5-10;1-5-6-7-8-11(13)9-10-12(2,3)4;1-11(2,3)8-7-10(12)6-5-9-13-4;1-9(2)8-10(12)6-7-11(3,4)5;1-5-6-7-10(12)8-9-11(2,3)4;1-10(2,3)8-9(12)11-6-5-7-13-4/h11-12H,5-10H2,1-4H3;5-10H2,1-4H3;5-10H2,1-4H3;10H,4-9H2,1-3H3;5-10H2,1-4H3;5-9H2,1-4H3;9H,6-8H2,1-5H3;5-9H2,1-4H3;5-8H2,1-4H3,(H,11,12). The lowest BCUT2D eigenvalue weighted by atomic mass is 9.88.